The van der Waals surface area contributed by atoms with Crippen LogP contribution in [0.15, 0.2) is 0 Å². The Labute approximate surface area is 87.9 Å². The molecule has 0 aliphatic heterocycles. The zero-order valence-corrected chi connectivity index (χ0v) is 9.41. The van der Waals surface area contributed by atoms with Gasteiger partial charge in [-0.05, 0) is 43.4 Å². The monoisotopic (exact) mass is 196 g/mol. The van der Waals surface area contributed by atoms with E-state index in [4.69, 9.17) is 0 Å². The Morgan fingerprint density at radius 2 is 1.64 bits per heavy atom. The van der Waals surface area contributed by atoms with Gasteiger partial charge in [-0.15, -0.1) is 0 Å². The van der Waals surface area contributed by atoms with Gasteiger partial charge in [0, 0.05) is 0 Å². The summed E-state index contributed by atoms with van der Waals surface area (Å²) >= 11 is 0. The second-order valence-corrected chi connectivity index (χ2v) is 5.45. The van der Waals surface area contributed by atoms with Crippen LogP contribution in [0.5, 0.6) is 0 Å². The summed E-state index contributed by atoms with van der Waals surface area (Å²) in [6, 6.07) is 0. The van der Waals surface area contributed by atoms with Crippen molar-refractivity contribution in [2.45, 2.75) is 64.4 Å². The molecule has 0 aromatic rings. The molecule has 0 atom stereocenters. The maximum absolute atomic E-state index is 9.29. The molecule has 1 heteroatoms. The van der Waals surface area contributed by atoms with Gasteiger partial charge < -0.3 is 5.11 Å². The van der Waals surface area contributed by atoms with Gasteiger partial charge in [0.1, 0.15) is 0 Å². The zero-order chi connectivity index (χ0) is 9.97. The minimum Gasteiger partial charge on any atom is -0.393 e. The van der Waals surface area contributed by atoms with E-state index in [0.29, 0.717) is 0 Å². The Morgan fingerprint density at radius 1 is 1.00 bits per heavy atom. The molecule has 0 radical (unpaired) electrons. The van der Waals surface area contributed by atoms with Gasteiger partial charge in [-0.25, -0.2) is 0 Å². The highest BCUT2D eigenvalue weighted by molar-refractivity contribution is 4.86. The number of aliphatic hydroxyl groups excluding tert-OH is 1. The summed E-state index contributed by atoms with van der Waals surface area (Å²) in [6.07, 6.45) is 10.9. The molecule has 0 unspecified atom stereocenters. The summed E-state index contributed by atoms with van der Waals surface area (Å²) in [5.41, 5.74) is 0. The molecule has 1 nitrogen and oxygen atoms in total. The van der Waals surface area contributed by atoms with Crippen molar-refractivity contribution in [3.8, 4) is 0 Å². The molecule has 0 amide bonds. The Balaban J connectivity index is 1.68. The maximum Gasteiger partial charge on any atom is 0.0545 e. The molecular weight excluding hydrogens is 172 g/mol. The normalized spacial score (nSPS) is 43.3. The van der Waals surface area contributed by atoms with Crippen LogP contribution in [0.2, 0.25) is 0 Å². The Hall–Kier alpha value is -0.0400. The van der Waals surface area contributed by atoms with Crippen molar-refractivity contribution in [1.82, 2.24) is 0 Å². The van der Waals surface area contributed by atoms with E-state index in [-0.39, 0.29) is 6.10 Å². The van der Waals surface area contributed by atoms with E-state index in [1.54, 1.807) is 0 Å². The van der Waals surface area contributed by atoms with Gasteiger partial charge in [-0.3, -0.25) is 0 Å². The minimum absolute atomic E-state index is 0.0494. The number of rotatable bonds is 3. The van der Waals surface area contributed by atoms with Crippen molar-refractivity contribution >= 4 is 0 Å². The molecule has 82 valence electrons. The predicted octanol–water partition coefficient (Wildman–Crippen LogP) is 3.36. The van der Waals surface area contributed by atoms with Crippen molar-refractivity contribution in [1.29, 1.82) is 0 Å². The largest absolute Gasteiger partial charge is 0.393 e. The van der Waals surface area contributed by atoms with E-state index in [1.165, 1.54) is 38.5 Å². The predicted molar refractivity (Wildman–Crippen MR) is 59.1 cm³/mol. The average Bonchev–Trinajstić information content (AvgIpc) is 2.15. The Bertz CT molecular complexity index is 164. The van der Waals surface area contributed by atoms with Crippen LogP contribution in [-0.2, 0) is 0 Å². The van der Waals surface area contributed by atoms with Crippen LogP contribution in [0.1, 0.15) is 58.3 Å². The molecule has 0 spiro atoms. The number of hydrogen-bond donors (Lipinski definition) is 1. The van der Waals surface area contributed by atoms with Crippen LogP contribution in [-0.4, -0.2) is 11.2 Å². The van der Waals surface area contributed by atoms with Crippen molar-refractivity contribution in [2.24, 2.45) is 17.8 Å². The quantitative estimate of drug-likeness (QED) is 0.734. The highest BCUT2D eigenvalue weighted by Gasteiger charge is 2.35. The summed E-state index contributed by atoms with van der Waals surface area (Å²) in [5, 5.41) is 9.29. The SMILES string of the molecule is CCCC1CCC(C2CC(O)C2)CC1. The molecule has 2 fully saturated rings. The first kappa shape index (κ1) is 10.5. The lowest BCUT2D eigenvalue weighted by atomic mass is 9.66. The Kier molecular flexibility index (Phi) is 3.48. The van der Waals surface area contributed by atoms with Crippen LogP contribution in [0, 0.1) is 17.8 Å². The van der Waals surface area contributed by atoms with Gasteiger partial charge in [0.2, 0.25) is 0 Å². The first-order valence-electron chi connectivity index (χ1n) is 6.47. The van der Waals surface area contributed by atoms with Gasteiger partial charge in [-0.2, -0.15) is 0 Å². The third kappa shape index (κ3) is 2.31. The van der Waals surface area contributed by atoms with E-state index in [9.17, 15) is 5.11 Å². The van der Waals surface area contributed by atoms with Crippen LogP contribution < -0.4 is 0 Å². The molecule has 2 aliphatic carbocycles. The van der Waals surface area contributed by atoms with E-state index in [1.807, 2.05) is 0 Å². The zero-order valence-electron chi connectivity index (χ0n) is 9.41. The van der Waals surface area contributed by atoms with Gasteiger partial charge in [0.05, 0.1) is 6.10 Å². The summed E-state index contributed by atoms with van der Waals surface area (Å²) in [7, 11) is 0. The first-order valence-corrected chi connectivity index (χ1v) is 6.47. The molecule has 2 saturated carbocycles. The van der Waals surface area contributed by atoms with Gasteiger partial charge in [-0.1, -0.05) is 32.6 Å². The number of hydrogen-bond acceptors (Lipinski definition) is 1. The lowest BCUT2D eigenvalue weighted by Gasteiger charge is -2.41. The summed E-state index contributed by atoms with van der Waals surface area (Å²) < 4.78 is 0. The minimum atomic E-state index is 0.0494. The van der Waals surface area contributed by atoms with Crippen molar-refractivity contribution in [2.75, 3.05) is 0 Å². The third-order valence-electron chi connectivity index (χ3n) is 4.40. The Morgan fingerprint density at radius 3 is 2.14 bits per heavy atom. The fourth-order valence-electron chi connectivity index (χ4n) is 3.37. The van der Waals surface area contributed by atoms with Gasteiger partial charge in [0.15, 0.2) is 0 Å². The fourth-order valence-corrected chi connectivity index (χ4v) is 3.37. The van der Waals surface area contributed by atoms with Crippen LogP contribution in [0.25, 0.3) is 0 Å². The second-order valence-electron chi connectivity index (χ2n) is 5.45. The summed E-state index contributed by atoms with van der Waals surface area (Å²) in [6.45, 7) is 2.30. The molecule has 2 aliphatic rings. The lowest BCUT2D eigenvalue weighted by Crippen LogP contribution is -2.35. The van der Waals surface area contributed by atoms with E-state index < -0.39 is 0 Å². The highest BCUT2D eigenvalue weighted by Crippen LogP contribution is 2.43. The van der Waals surface area contributed by atoms with Crippen molar-refractivity contribution < 1.29 is 5.11 Å². The molecule has 0 bridgehead atoms. The topological polar surface area (TPSA) is 20.2 Å². The van der Waals surface area contributed by atoms with Gasteiger partial charge in [0.25, 0.3) is 0 Å². The van der Waals surface area contributed by atoms with Crippen molar-refractivity contribution in [3.05, 3.63) is 0 Å². The van der Waals surface area contributed by atoms with E-state index in [0.717, 1.165) is 30.6 Å². The second kappa shape index (κ2) is 4.65. The molecular formula is C13H24O. The molecule has 0 aromatic heterocycles. The molecule has 0 heterocycles. The maximum atomic E-state index is 9.29. The molecule has 1 N–H and O–H groups in total. The van der Waals surface area contributed by atoms with Gasteiger partial charge >= 0.3 is 0 Å². The standard InChI is InChI=1S/C13H24O/c1-2-3-10-4-6-11(7-5-10)12-8-13(14)9-12/h10-14H,2-9H2,1H3. The molecule has 0 aromatic carbocycles. The number of aliphatic hydroxyl groups is 1. The summed E-state index contributed by atoms with van der Waals surface area (Å²) in [4.78, 5) is 0. The van der Waals surface area contributed by atoms with Crippen LogP contribution in [0.4, 0.5) is 0 Å². The fraction of sp³-hybridized carbons (Fsp3) is 1.00. The molecule has 0 saturated heterocycles. The lowest BCUT2D eigenvalue weighted by molar-refractivity contribution is 0.000762. The average molecular weight is 196 g/mol. The third-order valence-corrected chi connectivity index (χ3v) is 4.40. The summed E-state index contributed by atoms with van der Waals surface area (Å²) in [5.74, 6) is 2.88. The van der Waals surface area contributed by atoms with Crippen molar-refractivity contribution in [3.63, 3.8) is 0 Å². The molecule has 14 heavy (non-hydrogen) atoms. The van der Waals surface area contributed by atoms with Crippen LogP contribution >= 0.6 is 0 Å². The first-order chi connectivity index (χ1) is 6.79. The smallest absolute Gasteiger partial charge is 0.0545 e. The van der Waals surface area contributed by atoms with E-state index >= 15 is 0 Å². The van der Waals surface area contributed by atoms with Crippen LogP contribution in [0.3, 0.4) is 0 Å². The highest BCUT2D eigenvalue weighted by atomic mass is 16.3. The van der Waals surface area contributed by atoms with E-state index in [2.05, 4.69) is 6.92 Å². The molecule has 2 rings (SSSR count).